The van der Waals surface area contributed by atoms with Crippen LogP contribution >= 0.6 is 11.3 Å². The van der Waals surface area contributed by atoms with Crippen molar-refractivity contribution in [3.63, 3.8) is 0 Å². The zero-order valence-corrected chi connectivity index (χ0v) is 14.5. The number of morpholine rings is 1. The molecule has 2 aromatic heterocycles. The van der Waals surface area contributed by atoms with Crippen LogP contribution in [0.25, 0.3) is 0 Å². The SMILES string of the molecule is N#Cc1ccc(N2CCOC(C(=O)N3CCc4sccc4C3)C2)nc1. The molecule has 0 saturated carbocycles. The number of nitrogens with zero attached hydrogens (tertiary/aromatic N) is 4. The third-order valence-corrected chi connectivity index (χ3v) is 5.69. The first-order chi connectivity index (χ1) is 12.2. The number of aromatic nitrogens is 1. The van der Waals surface area contributed by atoms with Crippen LogP contribution in [0.5, 0.6) is 0 Å². The standard InChI is InChI=1S/C18H18N4O2S/c19-9-13-1-2-17(20-10-13)21-6-7-24-15(12-21)18(23)22-5-3-16-14(11-22)4-8-25-16/h1-2,4,8,10,15H,3,5-7,11-12H2. The van der Waals surface area contributed by atoms with Gasteiger partial charge in [0, 0.05) is 30.7 Å². The molecule has 0 spiro atoms. The van der Waals surface area contributed by atoms with Gasteiger partial charge in [-0.05, 0) is 35.6 Å². The van der Waals surface area contributed by atoms with E-state index >= 15 is 0 Å². The minimum Gasteiger partial charge on any atom is -0.365 e. The third-order valence-electron chi connectivity index (χ3n) is 4.66. The minimum absolute atomic E-state index is 0.0511. The van der Waals surface area contributed by atoms with Crippen LogP contribution in [-0.2, 0) is 22.5 Å². The Bertz CT molecular complexity index is 811. The highest BCUT2D eigenvalue weighted by molar-refractivity contribution is 7.10. The fraction of sp³-hybridized carbons (Fsp3) is 0.389. The summed E-state index contributed by atoms with van der Waals surface area (Å²) in [4.78, 5) is 22.5. The van der Waals surface area contributed by atoms with Crippen LogP contribution in [0.2, 0.25) is 0 Å². The van der Waals surface area contributed by atoms with Crippen molar-refractivity contribution in [2.75, 3.05) is 31.1 Å². The number of hydrogen-bond acceptors (Lipinski definition) is 6. The van der Waals surface area contributed by atoms with Crippen molar-refractivity contribution < 1.29 is 9.53 Å². The first-order valence-corrected chi connectivity index (χ1v) is 9.19. The topological polar surface area (TPSA) is 69.5 Å². The lowest BCUT2D eigenvalue weighted by molar-refractivity contribution is -0.145. The van der Waals surface area contributed by atoms with Crippen molar-refractivity contribution >= 4 is 23.1 Å². The highest BCUT2D eigenvalue weighted by Crippen LogP contribution is 2.25. The molecule has 2 aliphatic rings. The molecule has 4 rings (SSSR count). The van der Waals surface area contributed by atoms with Crippen molar-refractivity contribution in [1.82, 2.24) is 9.88 Å². The van der Waals surface area contributed by atoms with Crippen molar-refractivity contribution in [2.45, 2.75) is 19.1 Å². The maximum Gasteiger partial charge on any atom is 0.253 e. The van der Waals surface area contributed by atoms with Crippen LogP contribution < -0.4 is 4.90 Å². The number of ether oxygens (including phenoxy) is 1. The first kappa shape index (κ1) is 16.1. The first-order valence-electron chi connectivity index (χ1n) is 8.31. The molecule has 1 atom stereocenters. The maximum absolute atomic E-state index is 12.9. The van der Waals surface area contributed by atoms with E-state index in [0.29, 0.717) is 31.8 Å². The molecule has 25 heavy (non-hydrogen) atoms. The lowest BCUT2D eigenvalue weighted by atomic mass is 10.1. The van der Waals surface area contributed by atoms with Crippen LogP contribution in [0.4, 0.5) is 5.82 Å². The van der Waals surface area contributed by atoms with Crippen molar-refractivity contribution in [3.05, 3.63) is 45.8 Å². The molecule has 2 aliphatic heterocycles. The summed E-state index contributed by atoms with van der Waals surface area (Å²) in [7, 11) is 0. The smallest absolute Gasteiger partial charge is 0.253 e. The molecule has 1 saturated heterocycles. The molecule has 1 unspecified atom stereocenters. The molecule has 0 radical (unpaired) electrons. The molecule has 2 aromatic rings. The lowest BCUT2D eigenvalue weighted by Gasteiger charge is -2.36. The number of amides is 1. The summed E-state index contributed by atoms with van der Waals surface area (Å²) in [6.07, 6.45) is 2.02. The predicted octanol–water partition coefficient (Wildman–Crippen LogP) is 1.80. The van der Waals surface area contributed by atoms with Gasteiger partial charge in [-0.3, -0.25) is 4.79 Å². The molecule has 128 valence electrons. The molecule has 0 N–H and O–H groups in total. The van der Waals surface area contributed by atoms with E-state index in [0.717, 1.165) is 18.8 Å². The molecule has 7 heteroatoms. The second kappa shape index (κ2) is 6.82. The van der Waals surface area contributed by atoms with Gasteiger partial charge >= 0.3 is 0 Å². The van der Waals surface area contributed by atoms with Crippen LogP contribution in [0.15, 0.2) is 29.8 Å². The minimum atomic E-state index is -0.466. The second-order valence-electron chi connectivity index (χ2n) is 6.20. The summed E-state index contributed by atoms with van der Waals surface area (Å²) in [5, 5.41) is 11.0. The Morgan fingerprint density at radius 1 is 1.36 bits per heavy atom. The molecule has 1 fully saturated rings. The average molecular weight is 354 g/mol. The number of pyridine rings is 1. The number of carbonyl (C=O) groups excluding carboxylic acids is 1. The molecule has 0 bridgehead atoms. The summed E-state index contributed by atoms with van der Waals surface area (Å²) in [6.45, 7) is 3.10. The number of hydrogen-bond donors (Lipinski definition) is 0. The Balaban J connectivity index is 1.44. The zero-order chi connectivity index (χ0) is 17.2. The Morgan fingerprint density at radius 2 is 2.28 bits per heavy atom. The van der Waals surface area contributed by atoms with Gasteiger partial charge in [-0.25, -0.2) is 4.98 Å². The molecule has 4 heterocycles. The lowest BCUT2D eigenvalue weighted by Crippen LogP contribution is -2.52. The van der Waals surface area contributed by atoms with Gasteiger partial charge in [-0.15, -0.1) is 11.3 Å². The van der Waals surface area contributed by atoms with Crippen LogP contribution in [0.1, 0.15) is 16.0 Å². The van der Waals surface area contributed by atoms with Crippen molar-refractivity contribution in [2.24, 2.45) is 0 Å². The number of fused-ring (bicyclic) bond motifs is 1. The largest absolute Gasteiger partial charge is 0.365 e. The van der Waals surface area contributed by atoms with Crippen LogP contribution in [-0.4, -0.2) is 48.1 Å². The fourth-order valence-corrected chi connectivity index (χ4v) is 4.18. The van der Waals surface area contributed by atoms with E-state index in [2.05, 4.69) is 22.5 Å². The number of rotatable bonds is 2. The quantitative estimate of drug-likeness (QED) is 0.823. The van der Waals surface area contributed by atoms with E-state index < -0.39 is 6.10 Å². The Labute approximate surface area is 150 Å². The van der Waals surface area contributed by atoms with Crippen molar-refractivity contribution in [3.8, 4) is 6.07 Å². The number of thiophene rings is 1. The Hall–Kier alpha value is -2.43. The van der Waals surface area contributed by atoms with Gasteiger partial charge in [-0.1, -0.05) is 0 Å². The van der Waals surface area contributed by atoms with Gasteiger partial charge in [0.25, 0.3) is 5.91 Å². The molecular weight excluding hydrogens is 336 g/mol. The molecular formula is C18H18N4O2S. The van der Waals surface area contributed by atoms with E-state index in [1.54, 1.807) is 23.6 Å². The van der Waals surface area contributed by atoms with Gasteiger partial charge in [0.1, 0.15) is 11.9 Å². The van der Waals surface area contributed by atoms with Gasteiger partial charge in [0.15, 0.2) is 6.10 Å². The molecule has 0 aromatic carbocycles. The fourth-order valence-electron chi connectivity index (χ4n) is 3.29. The second-order valence-corrected chi connectivity index (χ2v) is 7.20. The van der Waals surface area contributed by atoms with Gasteiger partial charge < -0.3 is 14.5 Å². The van der Waals surface area contributed by atoms with E-state index in [9.17, 15) is 4.79 Å². The monoisotopic (exact) mass is 354 g/mol. The van der Waals surface area contributed by atoms with Crippen LogP contribution in [0.3, 0.4) is 0 Å². The summed E-state index contributed by atoms with van der Waals surface area (Å²) >= 11 is 1.77. The summed E-state index contributed by atoms with van der Waals surface area (Å²) in [6, 6.07) is 7.74. The van der Waals surface area contributed by atoms with Gasteiger partial charge in [0.05, 0.1) is 18.7 Å². The summed E-state index contributed by atoms with van der Waals surface area (Å²) in [5.74, 6) is 0.828. The third kappa shape index (κ3) is 3.23. The molecule has 0 aliphatic carbocycles. The van der Waals surface area contributed by atoms with E-state index in [-0.39, 0.29) is 5.91 Å². The van der Waals surface area contributed by atoms with Crippen LogP contribution in [0, 0.1) is 11.3 Å². The summed E-state index contributed by atoms with van der Waals surface area (Å²) < 4.78 is 5.75. The van der Waals surface area contributed by atoms with E-state index in [1.165, 1.54) is 10.4 Å². The highest BCUT2D eigenvalue weighted by atomic mass is 32.1. The zero-order valence-electron chi connectivity index (χ0n) is 13.7. The van der Waals surface area contributed by atoms with Gasteiger partial charge in [0.2, 0.25) is 0 Å². The highest BCUT2D eigenvalue weighted by Gasteiger charge is 2.32. The number of carbonyl (C=O) groups is 1. The summed E-state index contributed by atoms with van der Waals surface area (Å²) in [5.41, 5.74) is 1.79. The van der Waals surface area contributed by atoms with E-state index in [1.807, 2.05) is 15.9 Å². The predicted molar refractivity (Wildman–Crippen MR) is 94.3 cm³/mol. The Morgan fingerprint density at radius 3 is 3.08 bits per heavy atom. The number of nitriles is 1. The normalized spacial score (nSPS) is 20.0. The molecule has 6 nitrogen and oxygen atoms in total. The molecule has 1 amide bonds. The van der Waals surface area contributed by atoms with Crippen molar-refractivity contribution in [1.29, 1.82) is 5.26 Å². The maximum atomic E-state index is 12.9. The number of anilines is 1. The Kier molecular flexibility index (Phi) is 4.38. The average Bonchev–Trinajstić information content (AvgIpc) is 3.15. The van der Waals surface area contributed by atoms with Gasteiger partial charge in [-0.2, -0.15) is 5.26 Å². The van der Waals surface area contributed by atoms with E-state index in [4.69, 9.17) is 10.00 Å².